The highest BCUT2D eigenvalue weighted by atomic mass is 16.2. The summed E-state index contributed by atoms with van der Waals surface area (Å²) in [6, 6.07) is 4.72. The normalized spacial score (nSPS) is 13.9. The van der Waals surface area contributed by atoms with Crippen molar-refractivity contribution in [3.8, 4) is 0 Å². The Morgan fingerprint density at radius 1 is 1.29 bits per heavy atom. The quantitative estimate of drug-likeness (QED) is 0.656. The van der Waals surface area contributed by atoms with Gasteiger partial charge in [-0.2, -0.15) is 0 Å². The Balaban J connectivity index is 2.54. The Morgan fingerprint density at radius 3 is 2.57 bits per heavy atom. The van der Waals surface area contributed by atoms with Crippen LogP contribution in [0.3, 0.4) is 0 Å². The highest BCUT2D eigenvalue weighted by molar-refractivity contribution is 6.03. The van der Waals surface area contributed by atoms with Crippen LogP contribution < -0.4 is 22.2 Å². The number of rotatable bonds is 4. The first-order valence-electron chi connectivity index (χ1n) is 6.68. The number of anilines is 1. The number of nitrogens with two attached hydrogens (primary N) is 1. The number of amides is 1. The van der Waals surface area contributed by atoms with E-state index < -0.39 is 16.5 Å². The Kier molecular flexibility index (Phi) is 3.95. The van der Waals surface area contributed by atoms with Crippen molar-refractivity contribution in [2.45, 2.75) is 20.3 Å². The summed E-state index contributed by atoms with van der Waals surface area (Å²) in [5.41, 5.74) is 4.35. The summed E-state index contributed by atoms with van der Waals surface area (Å²) in [5, 5.41) is 7.59. The number of carbonyl (C=O) groups excluding carboxylic acids is 1. The zero-order chi connectivity index (χ0) is 15.6. The minimum absolute atomic E-state index is 0.157. The molecule has 0 saturated heterocycles. The van der Waals surface area contributed by atoms with Crippen LogP contribution >= 0.6 is 0 Å². The number of benzene rings is 1. The van der Waals surface area contributed by atoms with Gasteiger partial charge in [0.25, 0.3) is 11.1 Å². The molecule has 7 heteroatoms. The molecule has 1 atom stereocenters. The van der Waals surface area contributed by atoms with Gasteiger partial charge in [-0.3, -0.25) is 24.6 Å². The van der Waals surface area contributed by atoms with Crippen LogP contribution in [-0.4, -0.2) is 22.6 Å². The molecule has 0 spiro atoms. The number of hydrogen-bond acceptors (Lipinski definition) is 4. The molecular weight excluding hydrogens is 272 g/mol. The number of H-pyrrole nitrogens is 2. The van der Waals surface area contributed by atoms with E-state index in [1.54, 1.807) is 19.1 Å². The van der Waals surface area contributed by atoms with Gasteiger partial charge >= 0.3 is 0 Å². The third kappa shape index (κ3) is 2.59. The molecule has 21 heavy (non-hydrogen) atoms. The molecule has 5 N–H and O–H groups in total. The number of nitrogens with one attached hydrogen (secondary N) is 3. The van der Waals surface area contributed by atoms with E-state index >= 15 is 0 Å². The third-order valence-corrected chi connectivity index (χ3v) is 3.85. The second-order valence-corrected chi connectivity index (χ2v) is 5.21. The summed E-state index contributed by atoms with van der Waals surface area (Å²) in [4.78, 5) is 36.0. The Morgan fingerprint density at radius 2 is 1.95 bits per heavy atom. The molecule has 1 amide bonds. The van der Waals surface area contributed by atoms with E-state index in [1.807, 2.05) is 6.92 Å². The van der Waals surface area contributed by atoms with Crippen LogP contribution in [0.1, 0.15) is 20.3 Å². The van der Waals surface area contributed by atoms with E-state index in [4.69, 9.17) is 5.73 Å². The van der Waals surface area contributed by atoms with Crippen molar-refractivity contribution < 1.29 is 4.79 Å². The van der Waals surface area contributed by atoms with Gasteiger partial charge in [-0.1, -0.05) is 13.0 Å². The van der Waals surface area contributed by atoms with Crippen molar-refractivity contribution in [1.29, 1.82) is 0 Å². The van der Waals surface area contributed by atoms with Gasteiger partial charge in [-0.05, 0) is 25.5 Å². The SMILES string of the molecule is CCC(C)(CN)C(=O)Nc1cccc2c(=O)[nH][nH]c(=O)c12. The number of aromatic nitrogens is 2. The summed E-state index contributed by atoms with van der Waals surface area (Å²) in [5.74, 6) is -0.278. The molecule has 0 saturated carbocycles. The first kappa shape index (κ1) is 15.0. The molecular formula is C14H18N4O3. The lowest BCUT2D eigenvalue weighted by Crippen LogP contribution is -2.39. The van der Waals surface area contributed by atoms with Crippen molar-refractivity contribution in [3.63, 3.8) is 0 Å². The predicted molar refractivity (Wildman–Crippen MR) is 81.3 cm³/mol. The molecule has 1 aromatic carbocycles. The second kappa shape index (κ2) is 5.53. The average molecular weight is 290 g/mol. The van der Waals surface area contributed by atoms with Crippen molar-refractivity contribution >= 4 is 22.4 Å². The van der Waals surface area contributed by atoms with E-state index in [0.29, 0.717) is 12.1 Å². The lowest BCUT2D eigenvalue weighted by Gasteiger charge is -2.25. The topological polar surface area (TPSA) is 121 Å². The maximum atomic E-state index is 12.3. The smallest absolute Gasteiger partial charge is 0.272 e. The van der Waals surface area contributed by atoms with Crippen LogP contribution in [0.15, 0.2) is 27.8 Å². The highest BCUT2D eigenvalue weighted by Crippen LogP contribution is 2.24. The van der Waals surface area contributed by atoms with Crippen LogP contribution in [0.5, 0.6) is 0 Å². The van der Waals surface area contributed by atoms with Crippen molar-refractivity contribution in [1.82, 2.24) is 10.2 Å². The predicted octanol–water partition coefficient (Wildman–Crippen LogP) is 0.530. The Bertz CT molecular complexity index is 787. The van der Waals surface area contributed by atoms with E-state index in [-0.39, 0.29) is 23.2 Å². The van der Waals surface area contributed by atoms with Crippen LogP contribution in [0.25, 0.3) is 10.8 Å². The van der Waals surface area contributed by atoms with Gasteiger partial charge in [0.15, 0.2) is 0 Å². The van der Waals surface area contributed by atoms with E-state index in [0.717, 1.165) is 0 Å². The van der Waals surface area contributed by atoms with Gasteiger partial charge in [-0.25, -0.2) is 0 Å². The fraction of sp³-hybridized carbons (Fsp3) is 0.357. The molecule has 1 unspecified atom stereocenters. The van der Waals surface area contributed by atoms with Gasteiger partial charge in [0.2, 0.25) is 5.91 Å². The van der Waals surface area contributed by atoms with Gasteiger partial charge in [0.1, 0.15) is 0 Å². The van der Waals surface area contributed by atoms with Crippen molar-refractivity contribution in [2.75, 3.05) is 11.9 Å². The zero-order valence-electron chi connectivity index (χ0n) is 11.9. The van der Waals surface area contributed by atoms with Crippen LogP contribution in [0.4, 0.5) is 5.69 Å². The minimum Gasteiger partial charge on any atom is -0.329 e. The van der Waals surface area contributed by atoms with Crippen LogP contribution in [0, 0.1) is 5.41 Å². The monoisotopic (exact) mass is 290 g/mol. The van der Waals surface area contributed by atoms with Gasteiger partial charge in [-0.15, -0.1) is 0 Å². The molecule has 2 rings (SSSR count). The molecule has 112 valence electrons. The summed E-state index contributed by atoms with van der Waals surface area (Å²) >= 11 is 0. The molecule has 0 fully saturated rings. The molecule has 1 heterocycles. The number of hydrogen-bond donors (Lipinski definition) is 4. The number of aromatic amines is 2. The average Bonchev–Trinajstić information content (AvgIpc) is 2.50. The zero-order valence-corrected chi connectivity index (χ0v) is 11.9. The largest absolute Gasteiger partial charge is 0.329 e. The van der Waals surface area contributed by atoms with E-state index in [9.17, 15) is 14.4 Å². The summed E-state index contributed by atoms with van der Waals surface area (Å²) < 4.78 is 0. The first-order chi connectivity index (χ1) is 9.92. The van der Waals surface area contributed by atoms with E-state index in [2.05, 4.69) is 15.5 Å². The Labute approximate surface area is 120 Å². The molecule has 0 radical (unpaired) electrons. The highest BCUT2D eigenvalue weighted by Gasteiger charge is 2.30. The van der Waals surface area contributed by atoms with E-state index in [1.165, 1.54) is 6.07 Å². The van der Waals surface area contributed by atoms with Crippen LogP contribution in [0.2, 0.25) is 0 Å². The third-order valence-electron chi connectivity index (χ3n) is 3.85. The molecule has 0 aliphatic heterocycles. The molecule has 0 bridgehead atoms. The number of fused-ring (bicyclic) bond motifs is 1. The van der Waals surface area contributed by atoms with Gasteiger partial charge in [0.05, 0.1) is 21.9 Å². The second-order valence-electron chi connectivity index (χ2n) is 5.21. The maximum absolute atomic E-state index is 12.3. The van der Waals surface area contributed by atoms with Gasteiger partial charge in [0, 0.05) is 6.54 Å². The minimum atomic E-state index is -0.726. The summed E-state index contributed by atoms with van der Waals surface area (Å²) in [6.07, 6.45) is 0.567. The molecule has 0 aliphatic carbocycles. The summed E-state index contributed by atoms with van der Waals surface area (Å²) in [6.45, 7) is 3.81. The van der Waals surface area contributed by atoms with Gasteiger partial charge < -0.3 is 11.1 Å². The van der Waals surface area contributed by atoms with Crippen LogP contribution in [-0.2, 0) is 4.79 Å². The standard InChI is InChI=1S/C14H18N4O3/c1-3-14(2,7-15)13(21)16-9-6-4-5-8-10(9)12(20)18-17-11(8)19/h4-6H,3,7,15H2,1-2H3,(H,16,21)(H,17,19)(H,18,20). The molecule has 2 aromatic rings. The fourth-order valence-corrected chi connectivity index (χ4v) is 2.00. The Hall–Kier alpha value is -2.41. The maximum Gasteiger partial charge on any atom is 0.272 e. The van der Waals surface area contributed by atoms with Crippen molar-refractivity contribution in [3.05, 3.63) is 38.9 Å². The summed E-state index contributed by atoms with van der Waals surface area (Å²) in [7, 11) is 0. The van der Waals surface area contributed by atoms with Crippen molar-refractivity contribution in [2.24, 2.45) is 11.1 Å². The molecule has 1 aromatic heterocycles. The molecule has 0 aliphatic rings. The molecule has 7 nitrogen and oxygen atoms in total. The first-order valence-corrected chi connectivity index (χ1v) is 6.68. The lowest BCUT2D eigenvalue weighted by molar-refractivity contribution is -0.124. The number of carbonyl (C=O) groups is 1. The fourth-order valence-electron chi connectivity index (χ4n) is 2.00. The lowest BCUT2D eigenvalue weighted by atomic mass is 9.86.